The topological polar surface area (TPSA) is 255 Å². The number of thiazole rings is 1. The maximum Gasteiger partial charge on any atom is 0.273 e. The maximum absolute atomic E-state index is 13.9. The number of sulfone groups is 1. The highest BCUT2D eigenvalue weighted by Gasteiger charge is 2.51. The van der Waals surface area contributed by atoms with Crippen molar-refractivity contribution in [3.63, 3.8) is 0 Å². The predicted octanol–water partition coefficient (Wildman–Crippen LogP) is 17.6. The molecule has 8 aliphatic heterocycles. The van der Waals surface area contributed by atoms with Crippen LogP contribution >= 0.6 is 22.9 Å². The number of aromatic nitrogens is 9. The van der Waals surface area contributed by atoms with Gasteiger partial charge in [0, 0.05) is 222 Å². The lowest BCUT2D eigenvalue weighted by Gasteiger charge is -2.45. The van der Waals surface area contributed by atoms with Gasteiger partial charge in [0.25, 0.3) is 29.2 Å². The summed E-state index contributed by atoms with van der Waals surface area (Å²) in [5.41, 5.74) is 10.8. The molecule has 128 heavy (non-hydrogen) atoms. The first-order valence-electron chi connectivity index (χ1n) is 43.4. The molecule has 4 fully saturated rings. The summed E-state index contributed by atoms with van der Waals surface area (Å²) in [4.78, 5) is 81.6. The van der Waals surface area contributed by atoms with Gasteiger partial charge in [-0.15, -0.1) is 11.3 Å². The van der Waals surface area contributed by atoms with Gasteiger partial charge in [0.2, 0.25) is 0 Å². The molecule has 0 N–H and O–H groups in total. The Labute approximate surface area is 750 Å². The zero-order valence-electron chi connectivity index (χ0n) is 72.7. The van der Waals surface area contributed by atoms with Crippen molar-refractivity contribution in [2.45, 2.75) is 145 Å². The summed E-state index contributed by atoms with van der Waals surface area (Å²) in [5.74, 6) is 4.18. The van der Waals surface area contributed by atoms with Crippen molar-refractivity contribution in [1.29, 1.82) is 0 Å². The summed E-state index contributed by atoms with van der Waals surface area (Å²) < 4.78 is 79.8. The lowest BCUT2D eigenvalue weighted by Crippen LogP contribution is -2.50. The Kier molecular flexibility index (Phi) is 23.0. The Hall–Kier alpha value is -12.9. The van der Waals surface area contributed by atoms with Crippen molar-refractivity contribution in [2.24, 2.45) is 14.1 Å². The number of hydrogen-bond acceptors (Lipinski definition) is 17. The lowest BCUT2D eigenvalue weighted by atomic mass is 9.81. The molecule has 4 amide bonds. The van der Waals surface area contributed by atoms with E-state index < -0.39 is 37.5 Å². The monoisotopic (exact) mass is 1780 g/mol. The van der Waals surface area contributed by atoms with Crippen molar-refractivity contribution >= 4 is 56.4 Å². The summed E-state index contributed by atoms with van der Waals surface area (Å²) in [6, 6.07) is 55.3. The summed E-state index contributed by atoms with van der Waals surface area (Å²) in [6.07, 6.45) is 16.7. The molecule has 6 aromatic heterocycles. The summed E-state index contributed by atoms with van der Waals surface area (Å²) in [6.45, 7) is 17.7. The molecule has 13 aromatic rings. The van der Waals surface area contributed by atoms with Crippen molar-refractivity contribution in [2.75, 3.05) is 52.4 Å². The van der Waals surface area contributed by atoms with Crippen LogP contribution in [0.1, 0.15) is 169 Å². The minimum Gasteiger partial charge on any atom is -0.491 e. The highest BCUT2D eigenvalue weighted by molar-refractivity contribution is 7.92. The molecule has 658 valence electrons. The van der Waals surface area contributed by atoms with E-state index in [2.05, 4.69) is 72.6 Å². The Morgan fingerprint density at radius 2 is 1.12 bits per heavy atom. The van der Waals surface area contributed by atoms with E-state index >= 15 is 0 Å². The van der Waals surface area contributed by atoms with E-state index in [1.54, 1.807) is 64.7 Å². The number of hydrogen-bond donors (Lipinski definition) is 0. The number of rotatable bonds is 10. The van der Waals surface area contributed by atoms with Crippen molar-refractivity contribution in [3.8, 4) is 73.2 Å². The van der Waals surface area contributed by atoms with E-state index in [1.165, 1.54) is 47.2 Å². The predicted molar refractivity (Wildman–Crippen MR) is 486 cm³/mol. The number of carbonyl (C=O) groups is 4. The van der Waals surface area contributed by atoms with Crippen molar-refractivity contribution in [1.82, 2.24) is 62.8 Å². The fourth-order valence-electron chi connectivity index (χ4n) is 18.7. The zero-order chi connectivity index (χ0) is 89.3. The molecular formula is C99H99ClFN13O12S2. The summed E-state index contributed by atoms with van der Waals surface area (Å²) in [7, 11) is 0.470. The van der Waals surface area contributed by atoms with Crippen molar-refractivity contribution < 1.29 is 55.7 Å². The second-order valence-corrected chi connectivity index (χ2v) is 38.5. The molecule has 0 aliphatic carbocycles. The molecule has 4 saturated heterocycles. The quantitative estimate of drug-likeness (QED) is 0.123. The number of nitrogens with zero attached hydrogens (tertiary/aromatic N) is 13. The number of fused-ring (bicyclic) bond motifs is 16. The summed E-state index contributed by atoms with van der Waals surface area (Å²) in [5, 5.41) is 12.0. The average molecular weight is 1780 g/mol. The Balaban J connectivity index is 0.000000115. The molecule has 0 bridgehead atoms. The van der Waals surface area contributed by atoms with Gasteiger partial charge in [-0.2, -0.15) is 10.2 Å². The first-order chi connectivity index (χ1) is 61.6. The Morgan fingerprint density at radius 1 is 0.547 bits per heavy atom. The molecule has 0 unspecified atom stereocenters. The number of carbonyl (C=O) groups excluding carboxylic acids is 4. The van der Waals surface area contributed by atoms with Crippen LogP contribution in [0.25, 0.3) is 44.5 Å². The molecule has 0 saturated carbocycles. The first-order valence-corrected chi connectivity index (χ1v) is 46.2. The van der Waals surface area contributed by atoms with Gasteiger partial charge in [-0.1, -0.05) is 65.7 Å². The fourth-order valence-corrected chi connectivity index (χ4v) is 20.7. The molecule has 8 aliphatic rings. The van der Waals surface area contributed by atoms with Crippen LogP contribution in [0.2, 0.25) is 5.02 Å². The number of para-hydroxylation sites is 3. The van der Waals surface area contributed by atoms with Gasteiger partial charge < -0.3 is 52.4 Å². The molecule has 29 heteroatoms. The Bertz CT molecular complexity index is 6580. The SMILES string of the molecule is CC(C)Oc1ccc(C(=O)N2CCC3(CC2)Oc2ccc(F)cc2-c2nn(C)cc23)cc1.CC(C)S(=O)(=O)c1ccc(C(=O)N2CCC3(CC2)Oc2ccccc2-n2ccnc23)cc1.CC(C)n1ccc(C(=O)N2CCC3(CC2)Oc2cc(Cl)ccc2-n2cccc23)cc1=O.Cc1ccc(-c2nc(C(=O)N3CCC4(CC3)Oc3ccccc3-c3c4cnn3C)cs2)cc1. The number of aryl methyl sites for hydroxylation is 3. The van der Waals surface area contributed by atoms with Crippen LogP contribution < -0.4 is 29.2 Å². The smallest absolute Gasteiger partial charge is 0.273 e. The van der Waals surface area contributed by atoms with Crippen LogP contribution in [0.15, 0.2) is 234 Å². The molecule has 21 rings (SSSR count). The Morgan fingerprint density at radius 3 is 1.76 bits per heavy atom. The molecule has 0 radical (unpaired) electrons. The van der Waals surface area contributed by atoms with E-state index in [4.69, 9.17) is 35.3 Å². The van der Waals surface area contributed by atoms with E-state index in [0.717, 1.165) is 97.4 Å². The van der Waals surface area contributed by atoms with Gasteiger partial charge >= 0.3 is 0 Å². The molecule has 14 heterocycles. The van der Waals surface area contributed by atoms with Crippen LogP contribution in [0, 0.1) is 12.7 Å². The largest absolute Gasteiger partial charge is 0.491 e. The molecule has 0 atom stereocenters. The van der Waals surface area contributed by atoms with Crippen LogP contribution in [0.4, 0.5) is 4.39 Å². The van der Waals surface area contributed by atoms with Gasteiger partial charge in [0.05, 0.1) is 45.2 Å². The number of imidazole rings is 1. The number of amides is 4. The highest BCUT2D eigenvalue weighted by atomic mass is 35.5. The molecule has 4 spiro atoms. The second-order valence-electron chi connectivity index (χ2n) is 34.7. The van der Waals surface area contributed by atoms with E-state index in [-0.39, 0.29) is 52.0 Å². The average Bonchev–Trinajstić information content (AvgIpc) is 1.52. The first kappa shape index (κ1) is 85.9. The number of ether oxygens (including phenoxy) is 5. The number of pyridine rings is 1. The molecule has 25 nitrogen and oxygen atoms in total. The molecule has 7 aromatic carbocycles. The standard InChI is InChI=1S/C26H24N4O2S.C25H26FN3O3.C24H24ClN3O3.C24H25N3O4S/c1-17-7-9-18(10-8-17)24-28-21(16-33-24)25(31)30-13-11-26(12-14-30)20-15-27-29(2)23(20)19-5-3-4-6-22(19)32-26;1-16(2)31-19-7-4-17(5-8-19)24(30)29-12-10-25(11-13-29)21-15-28(3)27-23(21)20-14-18(26)6-9-22(20)32-25;1-16(2)27-11-7-17(14-22(27)29)23(30)26-12-8-24(9-13-26)21-4-3-10-28(21)19-6-5-18(25)15-20(19)31-24;1-17(2)32(29,30)19-9-7-18(8-10-19)22(28)26-14-11-24(12-15-26)23-25-13-16-27(23)20-5-3-4-6-21(20)31-24/h3-10,15-16H,11-14H2,1-2H3;4-9,14-16H,10-13H2,1-3H3;3-7,10-11,14-16H,8-9,12-13H2,1-2H3;3-10,13,16-17H,11-12,14-15H2,1-2H3. The third-order valence-electron chi connectivity index (χ3n) is 25.6. The van der Waals surface area contributed by atoms with Gasteiger partial charge in [-0.3, -0.25) is 37.9 Å². The number of benzene rings is 7. The summed E-state index contributed by atoms with van der Waals surface area (Å²) >= 11 is 7.73. The molecular weight excluding hydrogens is 1680 g/mol. The minimum atomic E-state index is -3.36. The van der Waals surface area contributed by atoms with Gasteiger partial charge in [0.15, 0.2) is 26.9 Å². The van der Waals surface area contributed by atoms with Crippen LogP contribution in [0.5, 0.6) is 28.7 Å². The highest BCUT2D eigenvalue weighted by Crippen LogP contribution is 2.53. The van der Waals surface area contributed by atoms with E-state index in [9.17, 15) is 36.8 Å². The van der Waals surface area contributed by atoms with Crippen LogP contribution in [-0.4, -0.2) is 159 Å². The zero-order valence-corrected chi connectivity index (χ0v) is 75.1. The number of piperidine rings is 4. The van der Waals surface area contributed by atoms with Gasteiger partial charge in [-0.25, -0.2) is 22.8 Å². The van der Waals surface area contributed by atoms with Crippen LogP contribution in [0.3, 0.4) is 0 Å². The normalized spacial score (nSPS) is 16.6. The van der Waals surface area contributed by atoms with Gasteiger partial charge in [0.1, 0.15) is 62.2 Å². The van der Waals surface area contributed by atoms with Crippen LogP contribution in [-0.2, 0) is 46.3 Å². The van der Waals surface area contributed by atoms with Gasteiger partial charge in [-0.05, 0) is 170 Å². The van der Waals surface area contributed by atoms with Crippen molar-refractivity contribution in [3.05, 3.63) is 296 Å². The third kappa shape index (κ3) is 16.2. The maximum atomic E-state index is 13.9. The number of likely N-dealkylation sites (tertiary alicyclic amines) is 4. The lowest BCUT2D eigenvalue weighted by molar-refractivity contribution is -0.0128. The van der Waals surface area contributed by atoms with E-state index in [1.807, 2.05) is 182 Å². The fraction of sp³-hybridized carbons (Fsp3) is 0.323. The number of halogens is 2. The third-order valence-corrected chi connectivity index (χ3v) is 28.9. The minimum absolute atomic E-state index is 0.000591. The van der Waals surface area contributed by atoms with E-state index in [0.29, 0.717) is 130 Å². The second kappa shape index (κ2) is 34.3.